The van der Waals surface area contributed by atoms with E-state index < -0.39 is 0 Å². The van der Waals surface area contributed by atoms with Crippen molar-refractivity contribution in [3.05, 3.63) is 72.1 Å². The SMILES string of the molecule is COC(=O)c1ccc([C@@H]2C[C@H]2C(=O)Nc2ccc3cnccc3c2)cc1. The van der Waals surface area contributed by atoms with Crippen LogP contribution in [-0.4, -0.2) is 24.0 Å². The van der Waals surface area contributed by atoms with Gasteiger partial charge in [0, 0.05) is 29.4 Å². The lowest BCUT2D eigenvalue weighted by Gasteiger charge is -2.07. The third-order valence-electron chi connectivity index (χ3n) is 4.80. The minimum Gasteiger partial charge on any atom is -0.465 e. The summed E-state index contributed by atoms with van der Waals surface area (Å²) in [6.07, 6.45) is 4.36. The fraction of sp³-hybridized carbons (Fsp3) is 0.190. The number of nitrogens with one attached hydrogen (secondary N) is 1. The van der Waals surface area contributed by atoms with Gasteiger partial charge in [-0.3, -0.25) is 9.78 Å². The summed E-state index contributed by atoms with van der Waals surface area (Å²) in [5, 5.41) is 5.09. The Kier molecular flexibility index (Phi) is 4.13. The van der Waals surface area contributed by atoms with Crippen LogP contribution in [0.1, 0.15) is 28.3 Å². The third-order valence-corrected chi connectivity index (χ3v) is 4.80. The number of fused-ring (bicyclic) bond motifs is 1. The molecule has 3 aromatic rings. The molecule has 2 atom stereocenters. The zero-order chi connectivity index (χ0) is 18.1. The predicted octanol–water partition coefficient (Wildman–Crippen LogP) is 3.76. The molecule has 1 aliphatic carbocycles. The maximum absolute atomic E-state index is 12.5. The van der Waals surface area contributed by atoms with Crippen LogP contribution in [0.2, 0.25) is 0 Å². The van der Waals surface area contributed by atoms with Crippen LogP contribution >= 0.6 is 0 Å². The van der Waals surface area contributed by atoms with E-state index in [-0.39, 0.29) is 23.7 Å². The maximum Gasteiger partial charge on any atom is 0.337 e. The second-order valence-electron chi connectivity index (χ2n) is 6.49. The summed E-state index contributed by atoms with van der Waals surface area (Å²) in [7, 11) is 1.36. The van der Waals surface area contributed by atoms with E-state index in [9.17, 15) is 9.59 Å². The predicted molar refractivity (Wildman–Crippen MR) is 99.0 cm³/mol. The van der Waals surface area contributed by atoms with Crippen molar-refractivity contribution < 1.29 is 14.3 Å². The summed E-state index contributed by atoms with van der Waals surface area (Å²) in [6.45, 7) is 0. The Labute approximate surface area is 151 Å². The van der Waals surface area contributed by atoms with E-state index in [1.54, 1.807) is 24.5 Å². The number of benzene rings is 2. The Morgan fingerprint density at radius 2 is 1.88 bits per heavy atom. The number of esters is 1. The molecule has 1 amide bonds. The van der Waals surface area contributed by atoms with Crippen LogP contribution in [0.25, 0.3) is 10.8 Å². The van der Waals surface area contributed by atoms with Gasteiger partial charge in [-0.15, -0.1) is 0 Å². The number of anilines is 1. The molecule has 0 aliphatic heterocycles. The van der Waals surface area contributed by atoms with Gasteiger partial charge in [-0.25, -0.2) is 4.79 Å². The summed E-state index contributed by atoms with van der Waals surface area (Å²) in [4.78, 5) is 28.1. The van der Waals surface area contributed by atoms with Crippen molar-refractivity contribution in [1.82, 2.24) is 4.98 Å². The zero-order valence-electron chi connectivity index (χ0n) is 14.3. The van der Waals surface area contributed by atoms with Crippen LogP contribution in [-0.2, 0) is 9.53 Å². The minimum absolute atomic E-state index is 0.0282. The highest BCUT2D eigenvalue weighted by Crippen LogP contribution is 2.48. The van der Waals surface area contributed by atoms with Crippen LogP contribution in [0.3, 0.4) is 0 Å². The van der Waals surface area contributed by atoms with Crippen molar-refractivity contribution in [1.29, 1.82) is 0 Å². The first-order chi connectivity index (χ1) is 12.7. The molecule has 0 spiro atoms. The van der Waals surface area contributed by atoms with Crippen molar-refractivity contribution in [2.75, 3.05) is 12.4 Å². The molecule has 5 nitrogen and oxygen atoms in total. The first-order valence-corrected chi connectivity index (χ1v) is 8.48. The Morgan fingerprint density at radius 3 is 2.65 bits per heavy atom. The fourth-order valence-electron chi connectivity index (χ4n) is 3.23. The number of pyridine rings is 1. The average molecular weight is 346 g/mol. The van der Waals surface area contributed by atoms with E-state index in [0.717, 1.165) is 28.4 Å². The van der Waals surface area contributed by atoms with Crippen molar-refractivity contribution in [3.63, 3.8) is 0 Å². The van der Waals surface area contributed by atoms with Crippen molar-refractivity contribution in [2.45, 2.75) is 12.3 Å². The van der Waals surface area contributed by atoms with Gasteiger partial charge < -0.3 is 10.1 Å². The highest BCUT2D eigenvalue weighted by molar-refractivity contribution is 5.97. The van der Waals surface area contributed by atoms with Gasteiger partial charge in [0.05, 0.1) is 12.7 Å². The first kappa shape index (κ1) is 16.3. The molecular weight excluding hydrogens is 328 g/mol. The average Bonchev–Trinajstić information content (AvgIpc) is 3.48. The highest BCUT2D eigenvalue weighted by atomic mass is 16.5. The zero-order valence-corrected chi connectivity index (χ0v) is 14.3. The number of ether oxygens (including phenoxy) is 1. The van der Waals surface area contributed by atoms with Crippen LogP contribution in [0.15, 0.2) is 60.9 Å². The van der Waals surface area contributed by atoms with Gasteiger partial charge in [0.1, 0.15) is 0 Å². The molecule has 130 valence electrons. The van der Waals surface area contributed by atoms with E-state index >= 15 is 0 Å². The molecule has 26 heavy (non-hydrogen) atoms. The second kappa shape index (κ2) is 6.59. The van der Waals surface area contributed by atoms with E-state index in [4.69, 9.17) is 4.74 Å². The minimum atomic E-state index is -0.354. The van der Waals surface area contributed by atoms with E-state index in [1.165, 1.54) is 7.11 Å². The first-order valence-electron chi connectivity index (χ1n) is 8.48. The molecular formula is C21H18N2O3. The van der Waals surface area contributed by atoms with E-state index in [2.05, 4.69) is 10.3 Å². The van der Waals surface area contributed by atoms with Crippen molar-refractivity contribution in [2.24, 2.45) is 5.92 Å². The largest absolute Gasteiger partial charge is 0.465 e. The molecule has 1 saturated carbocycles. The lowest BCUT2D eigenvalue weighted by atomic mass is 10.1. The smallest absolute Gasteiger partial charge is 0.337 e. The van der Waals surface area contributed by atoms with Gasteiger partial charge >= 0.3 is 5.97 Å². The summed E-state index contributed by atoms with van der Waals surface area (Å²) in [5.41, 5.74) is 2.38. The van der Waals surface area contributed by atoms with Crippen LogP contribution in [0.5, 0.6) is 0 Å². The van der Waals surface area contributed by atoms with E-state index in [0.29, 0.717) is 5.56 Å². The number of amides is 1. The number of hydrogen-bond acceptors (Lipinski definition) is 4. The molecule has 0 radical (unpaired) electrons. The maximum atomic E-state index is 12.5. The molecule has 0 unspecified atom stereocenters. The van der Waals surface area contributed by atoms with Gasteiger partial charge in [-0.2, -0.15) is 0 Å². The third kappa shape index (κ3) is 3.16. The summed E-state index contributed by atoms with van der Waals surface area (Å²) in [6, 6.07) is 15.0. The van der Waals surface area contributed by atoms with Crippen LogP contribution < -0.4 is 5.32 Å². The number of methoxy groups -OCH3 is 1. The Hall–Kier alpha value is -3.21. The highest BCUT2D eigenvalue weighted by Gasteiger charge is 2.43. The van der Waals surface area contributed by atoms with Gasteiger partial charge in [0.15, 0.2) is 0 Å². The Bertz CT molecular complexity index is 982. The normalized spacial score (nSPS) is 18.3. The molecule has 5 heteroatoms. The number of hydrogen-bond donors (Lipinski definition) is 1. The monoisotopic (exact) mass is 346 g/mol. The van der Waals surface area contributed by atoms with Gasteiger partial charge in [-0.05, 0) is 53.6 Å². The van der Waals surface area contributed by atoms with Gasteiger partial charge in [0.25, 0.3) is 0 Å². The number of rotatable bonds is 4. The molecule has 1 N–H and O–H groups in total. The fourth-order valence-corrected chi connectivity index (χ4v) is 3.23. The molecule has 1 aromatic heterocycles. The summed E-state index contributed by atoms with van der Waals surface area (Å²) >= 11 is 0. The number of carbonyl (C=O) groups excluding carboxylic acids is 2. The van der Waals surface area contributed by atoms with Crippen molar-refractivity contribution >= 4 is 28.3 Å². The van der Waals surface area contributed by atoms with Gasteiger partial charge in [-0.1, -0.05) is 18.2 Å². The van der Waals surface area contributed by atoms with Crippen LogP contribution in [0, 0.1) is 5.92 Å². The molecule has 1 fully saturated rings. The summed E-state index contributed by atoms with van der Waals surface area (Å²) < 4.78 is 4.70. The molecule has 4 rings (SSSR count). The number of carbonyl (C=O) groups is 2. The molecule has 1 heterocycles. The number of aromatic nitrogens is 1. The molecule has 0 saturated heterocycles. The lowest BCUT2D eigenvalue weighted by molar-refractivity contribution is -0.117. The molecule has 1 aliphatic rings. The quantitative estimate of drug-likeness (QED) is 0.730. The summed E-state index contributed by atoms with van der Waals surface area (Å²) in [5.74, 6) is -0.160. The lowest BCUT2D eigenvalue weighted by Crippen LogP contribution is -2.14. The second-order valence-corrected chi connectivity index (χ2v) is 6.49. The Balaban J connectivity index is 1.42. The molecule has 0 bridgehead atoms. The topological polar surface area (TPSA) is 68.3 Å². The Morgan fingerprint density at radius 1 is 1.08 bits per heavy atom. The van der Waals surface area contributed by atoms with Crippen molar-refractivity contribution in [3.8, 4) is 0 Å². The van der Waals surface area contributed by atoms with E-state index in [1.807, 2.05) is 36.4 Å². The van der Waals surface area contributed by atoms with Crippen LogP contribution in [0.4, 0.5) is 5.69 Å². The van der Waals surface area contributed by atoms with Gasteiger partial charge in [0.2, 0.25) is 5.91 Å². The number of nitrogens with zero attached hydrogens (tertiary/aromatic N) is 1. The standard InChI is InChI=1S/C21H18N2O3/c1-26-21(25)14-4-2-13(3-5-14)18-11-19(18)20(24)23-17-7-6-16-12-22-9-8-15(16)10-17/h2-10,12,18-19H,11H2,1H3,(H,23,24)/t18-,19+/m0/s1. The molecule has 2 aromatic carbocycles.